The first-order valence-corrected chi connectivity index (χ1v) is 5.71. The zero-order chi connectivity index (χ0) is 11.8. The van der Waals surface area contributed by atoms with Gasteiger partial charge in [-0.1, -0.05) is 12.1 Å². The molecule has 3 heteroatoms. The molecule has 3 nitrogen and oxygen atoms in total. The second-order valence-corrected chi connectivity index (χ2v) is 4.00. The standard InChI is InChI=1S/C13H20N2O/c1-11-6-5-7-12(10-11)16-9-4-2-3-8-13(14)15/h5-7,10H,2-4,8-9H2,1H3,(H3,14,15). The van der Waals surface area contributed by atoms with Crippen LogP contribution in [0.1, 0.15) is 31.2 Å². The molecule has 0 heterocycles. The minimum atomic E-state index is 0.277. The van der Waals surface area contributed by atoms with Gasteiger partial charge in [0.15, 0.2) is 0 Å². The lowest BCUT2D eigenvalue weighted by atomic mass is 10.2. The Balaban J connectivity index is 2.09. The molecule has 0 unspecified atom stereocenters. The number of benzene rings is 1. The first-order chi connectivity index (χ1) is 7.68. The Morgan fingerprint density at radius 2 is 2.12 bits per heavy atom. The van der Waals surface area contributed by atoms with Gasteiger partial charge in [-0.25, -0.2) is 0 Å². The van der Waals surface area contributed by atoms with Crippen LogP contribution in [0.25, 0.3) is 0 Å². The van der Waals surface area contributed by atoms with Crippen molar-refractivity contribution >= 4 is 5.84 Å². The summed E-state index contributed by atoms with van der Waals surface area (Å²) in [5, 5.41) is 7.08. The Labute approximate surface area is 97.1 Å². The molecule has 1 aromatic rings. The van der Waals surface area contributed by atoms with Crippen molar-refractivity contribution in [2.75, 3.05) is 6.61 Å². The fraction of sp³-hybridized carbons (Fsp3) is 0.462. The van der Waals surface area contributed by atoms with Crippen molar-refractivity contribution in [3.63, 3.8) is 0 Å². The highest BCUT2D eigenvalue weighted by Gasteiger charge is 1.95. The lowest BCUT2D eigenvalue weighted by Gasteiger charge is -2.06. The molecule has 0 atom stereocenters. The first-order valence-electron chi connectivity index (χ1n) is 5.71. The van der Waals surface area contributed by atoms with Gasteiger partial charge in [-0.05, 0) is 43.9 Å². The summed E-state index contributed by atoms with van der Waals surface area (Å²) in [5.41, 5.74) is 6.48. The number of aryl methyl sites for hydroxylation is 1. The first kappa shape index (κ1) is 12.6. The molecular formula is C13H20N2O. The van der Waals surface area contributed by atoms with E-state index in [1.165, 1.54) is 5.56 Å². The number of ether oxygens (including phenoxy) is 1. The van der Waals surface area contributed by atoms with E-state index in [9.17, 15) is 0 Å². The molecule has 0 saturated heterocycles. The number of hydrogen-bond acceptors (Lipinski definition) is 2. The van der Waals surface area contributed by atoms with Crippen molar-refractivity contribution in [3.8, 4) is 5.75 Å². The predicted molar refractivity (Wildman–Crippen MR) is 67.1 cm³/mol. The van der Waals surface area contributed by atoms with Crippen LogP contribution in [0.2, 0.25) is 0 Å². The van der Waals surface area contributed by atoms with Crippen molar-refractivity contribution in [3.05, 3.63) is 29.8 Å². The maximum absolute atomic E-state index is 7.08. The van der Waals surface area contributed by atoms with Crippen molar-refractivity contribution in [1.29, 1.82) is 5.41 Å². The Morgan fingerprint density at radius 3 is 2.81 bits per heavy atom. The smallest absolute Gasteiger partial charge is 0.119 e. The SMILES string of the molecule is Cc1cccc(OCCCCCC(=N)N)c1. The molecule has 0 saturated carbocycles. The normalized spacial score (nSPS) is 10.1. The third-order valence-corrected chi connectivity index (χ3v) is 2.35. The molecule has 0 radical (unpaired) electrons. The molecule has 0 aromatic heterocycles. The highest BCUT2D eigenvalue weighted by Crippen LogP contribution is 2.13. The van der Waals surface area contributed by atoms with Gasteiger partial charge in [-0.3, -0.25) is 5.41 Å². The number of nitrogens with one attached hydrogen (secondary N) is 1. The van der Waals surface area contributed by atoms with Crippen LogP contribution in [0, 0.1) is 12.3 Å². The lowest BCUT2D eigenvalue weighted by Crippen LogP contribution is -2.08. The Morgan fingerprint density at radius 1 is 1.31 bits per heavy atom. The van der Waals surface area contributed by atoms with E-state index in [0.717, 1.165) is 31.6 Å². The van der Waals surface area contributed by atoms with E-state index >= 15 is 0 Å². The summed E-state index contributed by atoms with van der Waals surface area (Å²) in [5.74, 6) is 1.21. The second kappa shape index (κ2) is 6.88. The van der Waals surface area contributed by atoms with E-state index in [0.29, 0.717) is 6.42 Å². The van der Waals surface area contributed by atoms with Gasteiger partial charge in [0, 0.05) is 6.42 Å². The number of nitrogens with two attached hydrogens (primary N) is 1. The van der Waals surface area contributed by atoms with E-state index in [1.54, 1.807) is 0 Å². The summed E-state index contributed by atoms with van der Waals surface area (Å²) < 4.78 is 5.61. The summed E-state index contributed by atoms with van der Waals surface area (Å²) in [6, 6.07) is 8.07. The van der Waals surface area contributed by atoms with Crippen molar-refractivity contribution in [1.82, 2.24) is 0 Å². The number of unbranched alkanes of at least 4 members (excludes halogenated alkanes) is 2. The molecule has 0 aliphatic heterocycles. The molecule has 3 N–H and O–H groups in total. The van der Waals surface area contributed by atoms with Crippen molar-refractivity contribution in [2.45, 2.75) is 32.6 Å². The molecular weight excluding hydrogens is 200 g/mol. The van der Waals surface area contributed by atoms with E-state index in [1.807, 2.05) is 18.2 Å². The fourth-order valence-corrected chi connectivity index (χ4v) is 1.49. The highest BCUT2D eigenvalue weighted by molar-refractivity contribution is 5.76. The van der Waals surface area contributed by atoms with Crippen LogP contribution in [0.5, 0.6) is 5.75 Å². The minimum Gasteiger partial charge on any atom is -0.494 e. The molecule has 0 aliphatic rings. The molecule has 0 fully saturated rings. The van der Waals surface area contributed by atoms with Gasteiger partial charge in [0.05, 0.1) is 12.4 Å². The van der Waals surface area contributed by atoms with Crippen LogP contribution in [0.4, 0.5) is 0 Å². The lowest BCUT2D eigenvalue weighted by molar-refractivity contribution is 0.305. The van der Waals surface area contributed by atoms with Crippen LogP contribution in [0.15, 0.2) is 24.3 Å². The zero-order valence-corrected chi connectivity index (χ0v) is 9.83. The molecule has 1 aromatic carbocycles. The van der Waals surface area contributed by atoms with Gasteiger partial charge in [0.25, 0.3) is 0 Å². The van der Waals surface area contributed by atoms with Crippen LogP contribution in [0.3, 0.4) is 0 Å². The Bertz CT molecular complexity index is 336. The van der Waals surface area contributed by atoms with Gasteiger partial charge >= 0.3 is 0 Å². The van der Waals surface area contributed by atoms with Gasteiger partial charge in [0.1, 0.15) is 5.75 Å². The van der Waals surface area contributed by atoms with Crippen LogP contribution in [-0.2, 0) is 0 Å². The quantitative estimate of drug-likeness (QED) is 0.421. The highest BCUT2D eigenvalue weighted by atomic mass is 16.5. The van der Waals surface area contributed by atoms with Crippen LogP contribution in [-0.4, -0.2) is 12.4 Å². The monoisotopic (exact) mass is 220 g/mol. The largest absolute Gasteiger partial charge is 0.494 e. The van der Waals surface area contributed by atoms with Gasteiger partial charge < -0.3 is 10.5 Å². The number of hydrogen-bond donors (Lipinski definition) is 2. The van der Waals surface area contributed by atoms with Crippen LogP contribution >= 0.6 is 0 Å². The molecule has 16 heavy (non-hydrogen) atoms. The Hall–Kier alpha value is -1.51. The average molecular weight is 220 g/mol. The summed E-state index contributed by atoms with van der Waals surface area (Å²) in [4.78, 5) is 0. The van der Waals surface area contributed by atoms with Gasteiger partial charge in [-0.2, -0.15) is 0 Å². The Kier molecular flexibility index (Phi) is 5.40. The maximum atomic E-state index is 7.08. The molecule has 0 amide bonds. The van der Waals surface area contributed by atoms with Gasteiger partial charge in [-0.15, -0.1) is 0 Å². The maximum Gasteiger partial charge on any atom is 0.119 e. The van der Waals surface area contributed by atoms with E-state index in [2.05, 4.69) is 13.0 Å². The second-order valence-electron chi connectivity index (χ2n) is 4.00. The summed E-state index contributed by atoms with van der Waals surface area (Å²) >= 11 is 0. The summed E-state index contributed by atoms with van der Waals surface area (Å²) in [6.07, 6.45) is 3.75. The third kappa shape index (κ3) is 5.39. The molecule has 0 aliphatic carbocycles. The van der Waals surface area contributed by atoms with E-state index < -0.39 is 0 Å². The van der Waals surface area contributed by atoms with Crippen LogP contribution < -0.4 is 10.5 Å². The zero-order valence-electron chi connectivity index (χ0n) is 9.83. The van der Waals surface area contributed by atoms with Crippen molar-refractivity contribution < 1.29 is 4.74 Å². The molecule has 1 rings (SSSR count). The number of rotatable bonds is 7. The predicted octanol–water partition coefficient (Wildman–Crippen LogP) is 2.87. The van der Waals surface area contributed by atoms with Crippen molar-refractivity contribution in [2.24, 2.45) is 5.73 Å². The molecule has 0 bridgehead atoms. The third-order valence-electron chi connectivity index (χ3n) is 2.35. The molecule has 0 spiro atoms. The topological polar surface area (TPSA) is 59.1 Å². The van der Waals surface area contributed by atoms with E-state index in [-0.39, 0.29) is 5.84 Å². The fourth-order valence-electron chi connectivity index (χ4n) is 1.49. The number of amidine groups is 1. The minimum absolute atomic E-state index is 0.277. The van der Waals surface area contributed by atoms with E-state index in [4.69, 9.17) is 15.9 Å². The van der Waals surface area contributed by atoms with Gasteiger partial charge in [0.2, 0.25) is 0 Å². The molecule has 88 valence electrons. The summed E-state index contributed by atoms with van der Waals surface area (Å²) in [6.45, 7) is 2.79. The average Bonchev–Trinajstić information content (AvgIpc) is 2.23. The summed E-state index contributed by atoms with van der Waals surface area (Å²) in [7, 11) is 0.